The fourth-order valence-corrected chi connectivity index (χ4v) is 2.53. The molecule has 1 aromatic carbocycles. The molecule has 0 aliphatic heterocycles. The SMILES string of the molecule is O=C(O)c1ccnc(CNC(=O)c2cc(Cl)cc(Br)c2)c1. The van der Waals surface area contributed by atoms with Crippen molar-refractivity contribution in [2.45, 2.75) is 6.54 Å². The van der Waals surface area contributed by atoms with Crippen LogP contribution in [0.25, 0.3) is 0 Å². The van der Waals surface area contributed by atoms with Crippen molar-refractivity contribution in [3.05, 3.63) is 62.8 Å². The van der Waals surface area contributed by atoms with E-state index >= 15 is 0 Å². The molecule has 0 saturated heterocycles. The molecule has 7 heteroatoms. The molecule has 0 aliphatic carbocycles. The van der Waals surface area contributed by atoms with Gasteiger partial charge in [-0.2, -0.15) is 0 Å². The Labute approximate surface area is 134 Å². The number of benzene rings is 1. The van der Waals surface area contributed by atoms with E-state index in [0.29, 0.717) is 20.8 Å². The predicted molar refractivity (Wildman–Crippen MR) is 81.5 cm³/mol. The Morgan fingerprint density at radius 3 is 2.67 bits per heavy atom. The van der Waals surface area contributed by atoms with Crippen LogP contribution in [0.5, 0.6) is 0 Å². The van der Waals surface area contributed by atoms with E-state index in [9.17, 15) is 9.59 Å². The first-order valence-corrected chi connectivity index (χ1v) is 7.05. The molecular weight excluding hydrogens is 360 g/mol. The highest BCUT2D eigenvalue weighted by molar-refractivity contribution is 9.10. The second-order valence-corrected chi connectivity index (χ2v) is 5.53. The molecule has 2 N–H and O–H groups in total. The molecule has 0 unspecified atom stereocenters. The van der Waals surface area contributed by atoms with Crippen molar-refractivity contribution >= 4 is 39.4 Å². The number of hydrogen-bond acceptors (Lipinski definition) is 3. The van der Waals surface area contributed by atoms with Crippen molar-refractivity contribution in [3.63, 3.8) is 0 Å². The van der Waals surface area contributed by atoms with Gasteiger partial charge in [0, 0.05) is 21.3 Å². The van der Waals surface area contributed by atoms with Gasteiger partial charge in [-0.1, -0.05) is 27.5 Å². The third kappa shape index (κ3) is 4.27. The van der Waals surface area contributed by atoms with Gasteiger partial charge in [-0.05, 0) is 30.3 Å². The molecule has 0 bridgehead atoms. The van der Waals surface area contributed by atoms with Crippen molar-refractivity contribution in [1.82, 2.24) is 10.3 Å². The lowest BCUT2D eigenvalue weighted by atomic mass is 10.2. The van der Waals surface area contributed by atoms with Crippen molar-refractivity contribution in [2.75, 3.05) is 0 Å². The number of aromatic nitrogens is 1. The van der Waals surface area contributed by atoms with Crippen LogP contribution in [0.3, 0.4) is 0 Å². The molecule has 2 aromatic rings. The first-order valence-electron chi connectivity index (χ1n) is 5.88. The van der Waals surface area contributed by atoms with Crippen LogP contribution in [0.4, 0.5) is 0 Å². The van der Waals surface area contributed by atoms with Gasteiger partial charge in [0.2, 0.25) is 0 Å². The van der Waals surface area contributed by atoms with Crippen LogP contribution in [-0.4, -0.2) is 22.0 Å². The fourth-order valence-electron chi connectivity index (χ4n) is 1.67. The molecule has 108 valence electrons. The van der Waals surface area contributed by atoms with E-state index in [0.717, 1.165) is 0 Å². The number of nitrogens with one attached hydrogen (secondary N) is 1. The maximum Gasteiger partial charge on any atom is 0.335 e. The number of carbonyl (C=O) groups excluding carboxylic acids is 1. The van der Waals surface area contributed by atoms with Gasteiger partial charge in [0.1, 0.15) is 0 Å². The molecule has 1 heterocycles. The van der Waals surface area contributed by atoms with Crippen LogP contribution in [0, 0.1) is 0 Å². The molecule has 21 heavy (non-hydrogen) atoms. The zero-order valence-corrected chi connectivity index (χ0v) is 13.0. The minimum absolute atomic E-state index is 0.125. The Hall–Kier alpha value is -1.92. The summed E-state index contributed by atoms with van der Waals surface area (Å²) in [5, 5.41) is 12.0. The normalized spacial score (nSPS) is 10.2. The number of halogens is 2. The van der Waals surface area contributed by atoms with E-state index in [1.807, 2.05) is 0 Å². The average molecular weight is 370 g/mol. The number of hydrogen-bond donors (Lipinski definition) is 2. The Morgan fingerprint density at radius 2 is 2.00 bits per heavy atom. The van der Waals surface area contributed by atoms with E-state index < -0.39 is 5.97 Å². The standard InChI is InChI=1S/C14H10BrClN2O3/c15-10-3-9(4-11(16)6-10)13(19)18-7-12-5-8(14(20)21)1-2-17-12/h1-6H,7H2,(H,18,19)(H,20,21). The van der Waals surface area contributed by atoms with Gasteiger partial charge in [0.05, 0.1) is 17.8 Å². The van der Waals surface area contributed by atoms with E-state index in [2.05, 4.69) is 26.2 Å². The molecule has 5 nitrogen and oxygen atoms in total. The van der Waals surface area contributed by atoms with Crippen molar-refractivity contribution < 1.29 is 14.7 Å². The minimum atomic E-state index is -1.04. The summed E-state index contributed by atoms with van der Waals surface area (Å²) in [6.07, 6.45) is 1.39. The van der Waals surface area contributed by atoms with Crippen molar-refractivity contribution in [1.29, 1.82) is 0 Å². The van der Waals surface area contributed by atoms with Gasteiger partial charge in [0.25, 0.3) is 5.91 Å². The Balaban J connectivity index is 2.07. The fraction of sp³-hybridized carbons (Fsp3) is 0.0714. The van der Waals surface area contributed by atoms with Crippen LogP contribution >= 0.6 is 27.5 Å². The Morgan fingerprint density at radius 1 is 1.24 bits per heavy atom. The molecule has 0 aliphatic rings. The summed E-state index contributed by atoms with van der Waals surface area (Å²) in [6, 6.07) is 7.67. The second-order valence-electron chi connectivity index (χ2n) is 4.18. The summed E-state index contributed by atoms with van der Waals surface area (Å²) >= 11 is 9.14. The van der Waals surface area contributed by atoms with E-state index in [1.54, 1.807) is 18.2 Å². The van der Waals surface area contributed by atoms with Crippen LogP contribution in [0.1, 0.15) is 26.4 Å². The summed E-state index contributed by atoms with van der Waals surface area (Å²) in [4.78, 5) is 26.9. The predicted octanol–water partition coefficient (Wildman–Crippen LogP) is 3.13. The molecule has 1 amide bonds. The third-order valence-electron chi connectivity index (χ3n) is 2.62. The number of carboxylic acid groups (broad SMARTS) is 1. The monoisotopic (exact) mass is 368 g/mol. The smallest absolute Gasteiger partial charge is 0.335 e. The molecule has 2 rings (SSSR count). The number of rotatable bonds is 4. The van der Waals surface area contributed by atoms with Crippen molar-refractivity contribution in [2.24, 2.45) is 0 Å². The van der Waals surface area contributed by atoms with Crippen LogP contribution in [-0.2, 0) is 6.54 Å². The highest BCUT2D eigenvalue weighted by atomic mass is 79.9. The first kappa shape index (κ1) is 15.5. The van der Waals surface area contributed by atoms with Gasteiger partial charge < -0.3 is 10.4 Å². The maximum atomic E-state index is 12.0. The zero-order chi connectivity index (χ0) is 15.4. The van der Waals surface area contributed by atoms with E-state index in [1.165, 1.54) is 18.3 Å². The van der Waals surface area contributed by atoms with Crippen LogP contribution in [0.15, 0.2) is 41.0 Å². The number of carbonyl (C=O) groups is 2. The van der Waals surface area contributed by atoms with Gasteiger partial charge in [-0.25, -0.2) is 4.79 Å². The van der Waals surface area contributed by atoms with Crippen LogP contribution < -0.4 is 5.32 Å². The zero-order valence-electron chi connectivity index (χ0n) is 10.6. The third-order valence-corrected chi connectivity index (χ3v) is 3.29. The Bertz CT molecular complexity index is 686. The highest BCUT2D eigenvalue weighted by Crippen LogP contribution is 2.19. The summed E-state index contributed by atoms with van der Waals surface area (Å²) < 4.78 is 0.700. The summed E-state index contributed by atoms with van der Waals surface area (Å²) in [6.45, 7) is 0.129. The first-order chi connectivity index (χ1) is 9.95. The van der Waals surface area contributed by atoms with Crippen LogP contribution in [0.2, 0.25) is 5.02 Å². The van der Waals surface area contributed by atoms with Gasteiger partial charge >= 0.3 is 5.97 Å². The minimum Gasteiger partial charge on any atom is -0.478 e. The number of carboxylic acids is 1. The highest BCUT2D eigenvalue weighted by Gasteiger charge is 2.09. The summed E-state index contributed by atoms with van der Waals surface area (Å²) in [5.41, 5.74) is 0.993. The van der Waals surface area contributed by atoms with Crippen molar-refractivity contribution in [3.8, 4) is 0 Å². The number of amides is 1. The lowest BCUT2D eigenvalue weighted by Gasteiger charge is -2.06. The number of nitrogens with zero attached hydrogens (tertiary/aromatic N) is 1. The van der Waals surface area contributed by atoms with Gasteiger partial charge in [-0.15, -0.1) is 0 Å². The molecule has 0 spiro atoms. The molecular formula is C14H10BrClN2O3. The van der Waals surface area contributed by atoms with Gasteiger partial charge in [0.15, 0.2) is 0 Å². The molecule has 0 radical (unpaired) electrons. The lowest BCUT2D eigenvalue weighted by molar-refractivity contribution is 0.0696. The lowest BCUT2D eigenvalue weighted by Crippen LogP contribution is -2.23. The second kappa shape index (κ2) is 6.69. The van der Waals surface area contributed by atoms with E-state index in [4.69, 9.17) is 16.7 Å². The molecule has 0 atom stereocenters. The van der Waals surface area contributed by atoms with E-state index in [-0.39, 0.29) is 18.0 Å². The Kier molecular flexibility index (Phi) is 4.93. The average Bonchev–Trinajstić information content (AvgIpc) is 2.44. The van der Waals surface area contributed by atoms with Gasteiger partial charge in [-0.3, -0.25) is 9.78 Å². The number of aromatic carboxylic acids is 1. The topological polar surface area (TPSA) is 79.3 Å². The quantitative estimate of drug-likeness (QED) is 0.868. The summed E-state index contributed by atoms with van der Waals surface area (Å²) in [5.74, 6) is -1.36. The number of pyridine rings is 1. The summed E-state index contributed by atoms with van der Waals surface area (Å²) in [7, 11) is 0. The molecule has 0 saturated carbocycles. The molecule has 1 aromatic heterocycles. The largest absolute Gasteiger partial charge is 0.478 e. The molecule has 0 fully saturated rings. The maximum absolute atomic E-state index is 12.0.